The number of imide groups is 1. The summed E-state index contributed by atoms with van der Waals surface area (Å²) in [6.07, 6.45) is -2.41. The molecule has 3 heterocycles. The number of hydrogen-bond acceptors (Lipinski definition) is 6. The number of nitrogens with one attached hydrogen (secondary N) is 1. The normalized spacial score (nSPS) is 19.9. The van der Waals surface area contributed by atoms with Gasteiger partial charge in [-0.1, -0.05) is 0 Å². The predicted molar refractivity (Wildman–Crippen MR) is 146 cm³/mol. The number of nitrogens with zero attached hydrogens (tertiary/aromatic N) is 4. The van der Waals surface area contributed by atoms with Gasteiger partial charge in [-0.2, -0.15) is 13.2 Å². The molecule has 0 aliphatic carbocycles. The lowest BCUT2D eigenvalue weighted by Gasteiger charge is -2.40. The van der Waals surface area contributed by atoms with E-state index in [1.165, 1.54) is 12.1 Å². The minimum atomic E-state index is -4.43. The van der Waals surface area contributed by atoms with E-state index in [0.29, 0.717) is 32.0 Å². The zero-order valence-corrected chi connectivity index (χ0v) is 22.1. The van der Waals surface area contributed by atoms with Crippen molar-refractivity contribution < 1.29 is 22.8 Å². The average Bonchev–Trinajstić information content (AvgIpc) is 2.90. The highest BCUT2D eigenvalue weighted by Crippen LogP contribution is 2.39. The van der Waals surface area contributed by atoms with Gasteiger partial charge in [0.05, 0.1) is 5.56 Å². The largest absolute Gasteiger partial charge is 0.418 e. The van der Waals surface area contributed by atoms with Gasteiger partial charge in [0, 0.05) is 81.5 Å². The number of halogens is 3. The van der Waals surface area contributed by atoms with Crippen LogP contribution in [0.25, 0.3) is 0 Å². The Morgan fingerprint density at radius 3 is 2.23 bits per heavy atom. The highest BCUT2D eigenvalue weighted by atomic mass is 19.4. The van der Waals surface area contributed by atoms with Crippen LogP contribution in [0, 0.1) is 12.8 Å². The van der Waals surface area contributed by atoms with E-state index in [0.717, 1.165) is 68.6 Å². The molecule has 210 valence electrons. The van der Waals surface area contributed by atoms with Crippen molar-refractivity contribution in [2.45, 2.75) is 32.4 Å². The molecular formula is C28H35F3N6O2. The van der Waals surface area contributed by atoms with E-state index in [1.54, 1.807) is 4.90 Å². The molecule has 5 rings (SSSR count). The quantitative estimate of drug-likeness (QED) is 0.552. The molecule has 3 aliphatic rings. The van der Waals surface area contributed by atoms with Crippen LogP contribution in [-0.4, -0.2) is 69.2 Å². The monoisotopic (exact) mass is 544 g/mol. The van der Waals surface area contributed by atoms with Gasteiger partial charge in [0.1, 0.15) is 0 Å². The molecule has 3 saturated heterocycles. The lowest BCUT2D eigenvalue weighted by molar-refractivity contribution is -0.137. The first-order valence-corrected chi connectivity index (χ1v) is 13.5. The maximum atomic E-state index is 13.6. The SMILES string of the molecule is Cc1cc(N2CCN(CC3CCN(c4ccc(N)cc4C(F)(F)F)CC3)CC2)ccc1N1CCC(=O)NC1=O. The fraction of sp³-hybridized carbons (Fsp3) is 0.500. The van der Waals surface area contributed by atoms with Crippen LogP contribution in [0.5, 0.6) is 0 Å². The molecule has 0 spiro atoms. The van der Waals surface area contributed by atoms with E-state index in [2.05, 4.69) is 21.2 Å². The number of carbonyl (C=O) groups excluding carboxylic acids is 2. The van der Waals surface area contributed by atoms with Crippen molar-refractivity contribution in [3.8, 4) is 0 Å². The number of alkyl halides is 3. The van der Waals surface area contributed by atoms with Crippen molar-refractivity contribution in [3.63, 3.8) is 0 Å². The van der Waals surface area contributed by atoms with Crippen molar-refractivity contribution >= 4 is 34.7 Å². The number of amides is 3. The summed E-state index contributed by atoms with van der Waals surface area (Å²) in [7, 11) is 0. The van der Waals surface area contributed by atoms with Gasteiger partial charge in [-0.05, 0) is 67.6 Å². The second-order valence-electron chi connectivity index (χ2n) is 10.7. The Morgan fingerprint density at radius 2 is 1.59 bits per heavy atom. The number of carbonyl (C=O) groups is 2. The molecule has 3 aliphatic heterocycles. The van der Waals surface area contributed by atoms with Crippen molar-refractivity contribution in [3.05, 3.63) is 47.5 Å². The van der Waals surface area contributed by atoms with Crippen LogP contribution < -0.4 is 25.8 Å². The first-order valence-electron chi connectivity index (χ1n) is 13.5. The summed E-state index contributed by atoms with van der Waals surface area (Å²) < 4.78 is 40.7. The molecule has 3 amide bonds. The molecule has 3 N–H and O–H groups in total. The van der Waals surface area contributed by atoms with E-state index >= 15 is 0 Å². The van der Waals surface area contributed by atoms with Gasteiger partial charge in [-0.25, -0.2) is 4.79 Å². The Kier molecular flexibility index (Phi) is 7.61. The molecule has 0 saturated carbocycles. The second kappa shape index (κ2) is 11.0. The number of piperazine rings is 1. The number of urea groups is 1. The van der Waals surface area contributed by atoms with Gasteiger partial charge in [0.15, 0.2) is 0 Å². The standard InChI is InChI=1S/C28H35F3N6O2/c1-19-16-22(3-5-24(19)37-11-8-26(38)33-27(37)39)35-14-12-34(13-15-35)18-20-6-9-36(10-7-20)25-4-2-21(32)17-23(25)28(29,30)31/h2-5,16-17,20H,6-15,18,32H2,1H3,(H,33,38,39). The van der Waals surface area contributed by atoms with Gasteiger partial charge in [0.2, 0.25) is 5.91 Å². The molecule has 8 nitrogen and oxygen atoms in total. The van der Waals surface area contributed by atoms with E-state index < -0.39 is 11.7 Å². The highest BCUT2D eigenvalue weighted by Gasteiger charge is 2.36. The fourth-order valence-electron chi connectivity index (χ4n) is 5.90. The fourth-order valence-corrected chi connectivity index (χ4v) is 5.90. The van der Waals surface area contributed by atoms with Crippen molar-refractivity contribution in [1.29, 1.82) is 0 Å². The van der Waals surface area contributed by atoms with Crippen LogP contribution in [-0.2, 0) is 11.0 Å². The molecular weight excluding hydrogens is 509 g/mol. The first-order chi connectivity index (χ1) is 18.6. The minimum Gasteiger partial charge on any atom is -0.399 e. The Labute approximate surface area is 226 Å². The summed E-state index contributed by atoms with van der Waals surface area (Å²) in [5, 5.41) is 2.37. The van der Waals surface area contributed by atoms with Gasteiger partial charge >= 0.3 is 12.2 Å². The topological polar surface area (TPSA) is 85.2 Å². The molecule has 0 radical (unpaired) electrons. The van der Waals surface area contributed by atoms with Gasteiger partial charge in [0.25, 0.3) is 0 Å². The van der Waals surface area contributed by atoms with Gasteiger partial charge < -0.3 is 15.5 Å². The van der Waals surface area contributed by atoms with E-state index in [9.17, 15) is 22.8 Å². The lowest BCUT2D eigenvalue weighted by atomic mass is 9.94. The van der Waals surface area contributed by atoms with E-state index in [-0.39, 0.29) is 23.3 Å². The number of piperidine rings is 1. The van der Waals surface area contributed by atoms with Crippen molar-refractivity contribution in [2.24, 2.45) is 5.92 Å². The van der Waals surface area contributed by atoms with Crippen LogP contribution in [0.4, 0.5) is 40.7 Å². The van der Waals surface area contributed by atoms with E-state index in [1.807, 2.05) is 24.0 Å². The molecule has 0 aromatic heterocycles. The van der Waals surface area contributed by atoms with Crippen LogP contribution >= 0.6 is 0 Å². The molecule has 2 aromatic carbocycles. The molecule has 2 aromatic rings. The zero-order chi connectivity index (χ0) is 27.7. The third-order valence-electron chi connectivity index (χ3n) is 8.06. The summed E-state index contributed by atoms with van der Waals surface area (Å²) in [6.45, 7) is 8.14. The number of anilines is 4. The maximum absolute atomic E-state index is 13.6. The third-order valence-corrected chi connectivity index (χ3v) is 8.06. The van der Waals surface area contributed by atoms with E-state index in [4.69, 9.17) is 5.73 Å². The van der Waals surface area contributed by atoms with Crippen LogP contribution in [0.2, 0.25) is 0 Å². The molecule has 39 heavy (non-hydrogen) atoms. The summed E-state index contributed by atoms with van der Waals surface area (Å²) in [5.41, 5.74) is 8.23. The second-order valence-corrected chi connectivity index (χ2v) is 10.7. The number of hydrogen-bond donors (Lipinski definition) is 2. The van der Waals surface area contributed by atoms with Crippen LogP contribution in [0.3, 0.4) is 0 Å². The smallest absolute Gasteiger partial charge is 0.399 e. The number of nitrogen functional groups attached to an aromatic ring is 1. The molecule has 11 heteroatoms. The molecule has 3 fully saturated rings. The van der Waals surface area contributed by atoms with Crippen LogP contribution in [0.15, 0.2) is 36.4 Å². The Hall–Kier alpha value is -3.47. The highest BCUT2D eigenvalue weighted by molar-refractivity contribution is 6.06. The van der Waals surface area contributed by atoms with Crippen LogP contribution in [0.1, 0.15) is 30.4 Å². The zero-order valence-electron chi connectivity index (χ0n) is 22.1. The Balaban J connectivity index is 1.12. The molecule has 0 bridgehead atoms. The number of aryl methyl sites for hydroxylation is 1. The summed E-state index contributed by atoms with van der Waals surface area (Å²) in [5.74, 6) is 0.214. The Bertz CT molecular complexity index is 1220. The first kappa shape index (κ1) is 27.1. The predicted octanol–water partition coefficient (Wildman–Crippen LogP) is 4.08. The minimum absolute atomic E-state index is 0.123. The molecule has 0 unspecified atom stereocenters. The Morgan fingerprint density at radius 1 is 0.897 bits per heavy atom. The van der Waals surface area contributed by atoms with Crippen molar-refractivity contribution in [2.75, 3.05) is 72.8 Å². The number of nitrogens with two attached hydrogens (primary N) is 1. The third kappa shape index (κ3) is 6.08. The lowest BCUT2D eigenvalue weighted by Crippen LogP contribution is -2.50. The summed E-state index contributed by atoms with van der Waals surface area (Å²) in [4.78, 5) is 31.9. The average molecular weight is 545 g/mol. The summed E-state index contributed by atoms with van der Waals surface area (Å²) >= 11 is 0. The maximum Gasteiger partial charge on any atom is 0.418 e. The summed E-state index contributed by atoms with van der Waals surface area (Å²) in [6, 6.07) is 9.76. The number of rotatable bonds is 5. The van der Waals surface area contributed by atoms with Crippen molar-refractivity contribution in [1.82, 2.24) is 10.2 Å². The van der Waals surface area contributed by atoms with Gasteiger partial charge in [-0.15, -0.1) is 0 Å². The van der Waals surface area contributed by atoms with Gasteiger partial charge in [-0.3, -0.25) is 19.9 Å². The molecule has 0 atom stereocenters. The number of benzene rings is 2.